The van der Waals surface area contributed by atoms with Crippen molar-refractivity contribution >= 4 is 22.0 Å². The first-order valence-corrected chi connectivity index (χ1v) is 3.52. The minimum absolute atomic E-state index is 0.563. The number of aromatic nitrogens is 1. The van der Waals surface area contributed by atoms with E-state index in [4.69, 9.17) is 5.11 Å². The Labute approximate surface area is 70.2 Å². The van der Waals surface area contributed by atoms with Gasteiger partial charge in [-0.25, -0.2) is 9.36 Å². The summed E-state index contributed by atoms with van der Waals surface area (Å²) in [6.07, 6.45) is -0.0862. The monoisotopic (exact) mass is 217 g/mol. The second kappa shape index (κ2) is 2.87. The summed E-state index contributed by atoms with van der Waals surface area (Å²) >= 11 is 3.04. The van der Waals surface area contributed by atoms with Crippen molar-refractivity contribution in [3.63, 3.8) is 0 Å². The van der Waals surface area contributed by atoms with Crippen LogP contribution in [0.5, 0.6) is 0 Å². The summed E-state index contributed by atoms with van der Waals surface area (Å²) in [5.41, 5.74) is -0.563. The lowest BCUT2D eigenvalue weighted by atomic mass is 10.5. The van der Waals surface area contributed by atoms with Crippen LogP contribution in [0.2, 0.25) is 0 Å². The van der Waals surface area contributed by atoms with Gasteiger partial charge in [-0.1, -0.05) is 15.9 Å². The van der Waals surface area contributed by atoms with Crippen LogP contribution in [0.3, 0.4) is 0 Å². The van der Waals surface area contributed by atoms with Crippen LogP contribution < -0.4 is 5.56 Å². The topological polar surface area (TPSA) is 59.3 Å². The highest BCUT2D eigenvalue weighted by Crippen LogP contribution is 2.02. The Morgan fingerprint density at radius 3 is 2.73 bits per heavy atom. The zero-order valence-electron chi connectivity index (χ0n) is 5.32. The van der Waals surface area contributed by atoms with Gasteiger partial charge < -0.3 is 5.11 Å². The molecule has 0 bridgehead atoms. The van der Waals surface area contributed by atoms with E-state index in [1.807, 2.05) is 0 Å². The van der Waals surface area contributed by atoms with E-state index in [9.17, 15) is 9.59 Å². The van der Waals surface area contributed by atoms with Crippen LogP contribution in [0.4, 0.5) is 4.79 Å². The maximum absolute atomic E-state index is 10.8. The normalized spacial score (nSPS) is 9.55. The van der Waals surface area contributed by atoms with Crippen LogP contribution in [-0.4, -0.2) is 15.8 Å². The zero-order valence-corrected chi connectivity index (χ0v) is 6.91. The summed E-state index contributed by atoms with van der Waals surface area (Å²) in [6, 6.07) is 2.67. The van der Waals surface area contributed by atoms with Gasteiger partial charge in [0.1, 0.15) is 0 Å². The van der Waals surface area contributed by atoms with Gasteiger partial charge in [0.05, 0.1) is 0 Å². The van der Waals surface area contributed by atoms with Gasteiger partial charge in [-0.15, -0.1) is 0 Å². The number of hydrogen-bond acceptors (Lipinski definition) is 2. The highest BCUT2D eigenvalue weighted by molar-refractivity contribution is 9.10. The third kappa shape index (κ3) is 1.68. The third-order valence-electron chi connectivity index (χ3n) is 1.09. The van der Waals surface area contributed by atoms with E-state index in [1.165, 1.54) is 18.3 Å². The molecule has 0 radical (unpaired) electrons. The van der Waals surface area contributed by atoms with E-state index >= 15 is 0 Å². The first kappa shape index (κ1) is 8.00. The van der Waals surface area contributed by atoms with Crippen molar-refractivity contribution in [1.82, 2.24) is 4.57 Å². The molecule has 1 heterocycles. The van der Waals surface area contributed by atoms with Gasteiger partial charge in [0.2, 0.25) is 0 Å². The molecule has 4 nitrogen and oxygen atoms in total. The predicted octanol–water partition coefficient (Wildman–Crippen LogP) is 1.14. The lowest BCUT2D eigenvalue weighted by molar-refractivity contribution is 0.195. The minimum atomic E-state index is -1.28. The Morgan fingerprint density at radius 1 is 1.64 bits per heavy atom. The zero-order chi connectivity index (χ0) is 8.43. The van der Waals surface area contributed by atoms with Crippen LogP contribution in [0.25, 0.3) is 0 Å². The Balaban J connectivity index is 3.32. The van der Waals surface area contributed by atoms with E-state index in [1.54, 1.807) is 0 Å². The summed E-state index contributed by atoms with van der Waals surface area (Å²) in [7, 11) is 0. The van der Waals surface area contributed by atoms with E-state index in [0.717, 1.165) is 0 Å². The fourth-order valence-electron chi connectivity index (χ4n) is 0.613. The quantitative estimate of drug-likeness (QED) is 0.710. The molecule has 0 aliphatic rings. The molecule has 0 amide bonds. The number of carboxylic acid groups (broad SMARTS) is 1. The summed E-state index contributed by atoms with van der Waals surface area (Å²) < 4.78 is 1.17. The van der Waals surface area contributed by atoms with Crippen molar-refractivity contribution in [3.8, 4) is 0 Å². The van der Waals surface area contributed by atoms with Crippen LogP contribution in [0.15, 0.2) is 27.6 Å². The molecule has 1 aromatic heterocycles. The van der Waals surface area contributed by atoms with Crippen molar-refractivity contribution in [2.45, 2.75) is 0 Å². The molecule has 11 heavy (non-hydrogen) atoms. The third-order valence-corrected chi connectivity index (χ3v) is 1.58. The van der Waals surface area contributed by atoms with Gasteiger partial charge in [-0.05, 0) is 6.07 Å². The molecule has 0 unspecified atom stereocenters. The Morgan fingerprint density at radius 2 is 2.27 bits per heavy atom. The number of rotatable bonds is 0. The fraction of sp³-hybridized carbons (Fsp3) is 0. The summed E-state index contributed by atoms with van der Waals surface area (Å²) in [5.74, 6) is 0. The summed E-state index contributed by atoms with van der Waals surface area (Å²) in [5, 5.41) is 8.40. The highest BCUT2D eigenvalue weighted by Gasteiger charge is 2.01. The van der Waals surface area contributed by atoms with Gasteiger partial charge in [0, 0.05) is 16.7 Å². The molecule has 58 valence electrons. The molecule has 0 saturated heterocycles. The average Bonchev–Trinajstić information content (AvgIpc) is 1.85. The molecule has 1 rings (SSSR count). The van der Waals surface area contributed by atoms with Gasteiger partial charge >= 0.3 is 6.09 Å². The number of nitrogens with zero attached hydrogens (tertiary/aromatic N) is 1. The lowest BCUT2D eigenvalue weighted by Gasteiger charge is -1.95. The van der Waals surface area contributed by atoms with Gasteiger partial charge in [-0.2, -0.15) is 0 Å². The maximum Gasteiger partial charge on any atom is 0.418 e. The smallest absolute Gasteiger partial charge is 0.418 e. The van der Waals surface area contributed by atoms with Crippen molar-refractivity contribution in [1.29, 1.82) is 0 Å². The first-order chi connectivity index (χ1) is 5.11. The Bertz CT molecular complexity index is 344. The molecular formula is C6H4BrNO3. The molecule has 1 aromatic rings. The minimum Gasteiger partial charge on any atom is -0.464 e. The van der Waals surface area contributed by atoms with E-state index in [0.29, 0.717) is 9.04 Å². The standard InChI is InChI=1S/C6H4BrNO3/c7-4-1-2-8(6(10)11)5(9)3-4/h1-3H,(H,10,11). The molecule has 0 atom stereocenters. The van der Waals surface area contributed by atoms with Crippen LogP contribution in [-0.2, 0) is 0 Å². The number of halogens is 1. The molecule has 1 N–H and O–H groups in total. The van der Waals surface area contributed by atoms with E-state index < -0.39 is 11.7 Å². The molecule has 0 spiro atoms. The first-order valence-electron chi connectivity index (χ1n) is 2.73. The van der Waals surface area contributed by atoms with Crippen LogP contribution in [0.1, 0.15) is 0 Å². The summed E-state index contributed by atoms with van der Waals surface area (Å²) in [4.78, 5) is 21.1. The van der Waals surface area contributed by atoms with E-state index in [-0.39, 0.29) is 0 Å². The van der Waals surface area contributed by atoms with Crippen LogP contribution in [0, 0.1) is 0 Å². The van der Waals surface area contributed by atoms with Crippen molar-refractivity contribution < 1.29 is 9.90 Å². The molecule has 0 aliphatic heterocycles. The second-order valence-corrected chi connectivity index (χ2v) is 2.75. The van der Waals surface area contributed by atoms with Gasteiger partial charge in [-0.3, -0.25) is 4.79 Å². The van der Waals surface area contributed by atoms with E-state index in [2.05, 4.69) is 15.9 Å². The number of carbonyl (C=O) groups is 1. The Hall–Kier alpha value is -1.10. The van der Waals surface area contributed by atoms with Crippen molar-refractivity contribution in [2.75, 3.05) is 0 Å². The Kier molecular flexibility index (Phi) is 2.09. The maximum atomic E-state index is 10.8. The predicted molar refractivity (Wildman–Crippen MR) is 41.8 cm³/mol. The molecule has 0 saturated carbocycles. The largest absolute Gasteiger partial charge is 0.464 e. The highest BCUT2D eigenvalue weighted by atomic mass is 79.9. The molecular weight excluding hydrogens is 214 g/mol. The van der Waals surface area contributed by atoms with Crippen molar-refractivity contribution in [2.24, 2.45) is 0 Å². The number of hydrogen-bond donors (Lipinski definition) is 1. The molecule has 0 aliphatic carbocycles. The lowest BCUT2D eigenvalue weighted by Crippen LogP contribution is -2.23. The fourth-order valence-corrected chi connectivity index (χ4v) is 0.927. The van der Waals surface area contributed by atoms with Crippen molar-refractivity contribution in [3.05, 3.63) is 33.2 Å². The average molecular weight is 218 g/mol. The SMILES string of the molecule is O=C(O)n1ccc(Br)cc1=O. The molecule has 0 fully saturated rings. The van der Waals surface area contributed by atoms with Gasteiger partial charge in [0.25, 0.3) is 5.56 Å². The van der Waals surface area contributed by atoms with Crippen LogP contribution >= 0.6 is 15.9 Å². The number of pyridine rings is 1. The molecule has 5 heteroatoms. The van der Waals surface area contributed by atoms with Gasteiger partial charge in [0.15, 0.2) is 0 Å². The molecule has 0 aromatic carbocycles. The summed E-state index contributed by atoms with van der Waals surface area (Å²) in [6.45, 7) is 0. The second-order valence-electron chi connectivity index (χ2n) is 1.84.